The third kappa shape index (κ3) is 7.37. The molecule has 0 aliphatic carbocycles. The topological polar surface area (TPSA) is 0 Å². The van der Waals surface area contributed by atoms with Gasteiger partial charge in [-0.2, -0.15) is 0 Å². The van der Waals surface area contributed by atoms with Crippen LogP contribution in [0.3, 0.4) is 0 Å². The summed E-state index contributed by atoms with van der Waals surface area (Å²) in [6, 6.07) is 18.6. The normalized spacial score (nSPS) is 9.16. The van der Waals surface area contributed by atoms with Crippen molar-refractivity contribution >= 4 is 0 Å². The summed E-state index contributed by atoms with van der Waals surface area (Å²) >= 11 is 0. The molecule has 101 valence electrons. The van der Waals surface area contributed by atoms with E-state index in [4.69, 9.17) is 0 Å². The molecule has 0 amide bonds. The Kier molecular flexibility index (Phi) is 8.01. The smallest absolute Gasteiger partial charge is 0 e. The van der Waals surface area contributed by atoms with Crippen molar-refractivity contribution in [3.8, 4) is 0 Å². The predicted octanol–water partition coefficient (Wildman–Crippen LogP) is 4.02. The van der Waals surface area contributed by atoms with Gasteiger partial charge in [0.25, 0.3) is 0 Å². The van der Waals surface area contributed by atoms with Crippen LogP contribution in [-0.4, -0.2) is 0 Å². The predicted molar refractivity (Wildman–Crippen MR) is 74.3 cm³/mol. The van der Waals surface area contributed by atoms with Crippen LogP contribution < -0.4 is 0 Å². The Morgan fingerprint density at radius 1 is 0.368 bits per heavy atom. The molecule has 1 heteroatoms. The zero-order valence-corrected chi connectivity index (χ0v) is 14.6. The average Bonchev–Trinajstić information content (AvgIpc) is 2.12. The SMILES string of the molecule is Cc1[c-]c(C)[c-]c(C)[c-]1.Cc1[c-]c(C)[c-]c(C)[c-]1.[Nb]. The van der Waals surface area contributed by atoms with Gasteiger partial charge in [0.15, 0.2) is 0 Å². The Morgan fingerprint density at radius 3 is 0.579 bits per heavy atom. The Balaban J connectivity index is 0.000000324. The second kappa shape index (κ2) is 8.37. The first-order valence-electron chi connectivity index (χ1n) is 6.00. The molecule has 2 rings (SSSR count). The van der Waals surface area contributed by atoms with Gasteiger partial charge in [-0.05, 0) is 0 Å². The molecule has 0 saturated heterocycles. The van der Waals surface area contributed by atoms with Crippen molar-refractivity contribution in [1.82, 2.24) is 0 Å². The van der Waals surface area contributed by atoms with Gasteiger partial charge in [0.05, 0.1) is 0 Å². The molecule has 2 aromatic rings. The molecule has 0 heterocycles. The van der Waals surface area contributed by atoms with E-state index in [2.05, 4.69) is 36.4 Å². The Morgan fingerprint density at radius 2 is 0.474 bits per heavy atom. The molecule has 0 spiro atoms. The summed E-state index contributed by atoms with van der Waals surface area (Å²) in [5.74, 6) is 0. The largest absolute Gasteiger partial charge is 0.539 e. The number of hydrogen-bond donors (Lipinski definition) is 0. The minimum Gasteiger partial charge on any atom is -0.539 e. The van der Waals surface area contributed by atoms with E-state index in [-0.39, 0.29) is 22.4 Å². The summed E-state index contributed by atoms with van der Waals surface area (Å²) in [7, 11) is 0. The standard InChI is InChI=1S/2C9H9.Nb/c2*1-7-4-8(2)6-9(3)5-7;/h2*1-3H3;/q2*-3;. The molecule has 0 nitrogen and oxygen atoms in total. The van der Waals surface area contributed by atoms with Gasteiger partial charge in [-0.25, -0.2) is 0 Å². The van der Waals surface area contributed by atoms with Crippen molar-refractivity contribution in [3.05, 3.63) is 69.8 Å². The molecule has 0 N–H and O–H groups in total. The van der Waals surface area contributed by atoms with Gasteiger partial charge in [-0.1, -0.05) is 0 Å². The molecule has 1 radical (unpaired) electrons. The van der Waals surface area contributed by atoms with E-state index >= 15 is 0 Å². The van der Waals surface area contributed by atoms with Crippen molar-refractivity contribution in [3.63, 3.8) is 0 Å². The second-order valence-electron chi connectivity index (χ2n) is 4.50. The van der Waals surface area contributed by atoms with Crippen LogP contribution in [0.1, 0.15) is 33.4 Å². The van der Waals surface area contributed by atoms with E-state index in [0.29, 0.717) is 0 Å². The molecule has 0 aliphatic rings. The zero-order chi connectivity index (χ0) is 13.7. The van der Waals surface area contributed by atoms with Crippen LogP contribution in [0.2, 0.25) is 0 Å². The second-order valence-corrected chi connectivity index (χ2v) is 4.50. The Labute approximate surface area is 133 Å². The van der Waals surface area contributed by atoms with Gasteiger partial charge >= 0.3 is 0 Å². The number of benzene rings is 2. The van der Waals surface area contributed by atoms with Crippen LogP contribution in [0.15, 0.2) is 0 Å². The van der Waals surface area contributed by atoms with Crippen molar-refractivity contribution in [2.75, 3.05) is 0 Å². The van der Waals surface area contributed by atoms with Crippen LogP contribution >= 0.6 is 0 Å². The van der Waals surface area contributed by atoms with Gasteiger partial charge in [0.2, 0.25) is 0 Å². The number of aryl methyl sites for hydroxylation is 6. The quantitative estimate of drug-likeness (QED) is 0.506. The first kappa shape index (κ1) is 18.2. The minimum absolute atomic E-state index is 0. The molecule has 0 saturated carbocycles. The van der Waals surface area contributed by atoms with Crippen molar-refractivity contribution < 1.29 is 22.4 Å². The molecule has 0 aromatic heterocycles. The van der Waals surface area contributed by atoms with Gasteiger partial charge in [-0.15, -0.1) is 41.5 Å². The van der Waals surface area contributed by atoms with Gasteiger partial charge in [0.1, 0.15) is 0 Å². The van der Waals surface area contributed by atoms with Gasteiger partial charge in [0, 0.05) is 22.4 Å². The van der Waals surface area contributed by atoms with Crippen LogP contribution in [0.4, 0.5) is 0 Å². The van der Waals surface area contributed by atoms with Crippen molar-refractivity contribution in [2.45, 2.75) is 41.5 Å². The number of hydrogen-bond acceptors (Lipinski definition) is 0. The fourth-order valence-corrected chi connectivity index (χ4v) is 1.88. The molecule has 0 fully saturated rings. The molecular formula is C18H18Nb-6. The maximum atomic E-state index is 3.10. The first-order valence-corrected chi connectivity index (χ1v) is 6.00. The fraction of sp³-hybridized carbons (Fsp3) is 0.333. The van der Waals surface area contributed by atoms with E-state index < -0.39 is 0 Å². The van der Waals surface area contributed by atoms with E-state index in [0.717, 1.165) is 33.4 Å². The third-order valence-electron chi connectivity index (χ3n) is 2.25. The van der Waals surface area contributed by atoms with Crippen molar-refractivity contribution in [1.29, 1.82) is 0 Å². The van der Waals surface area contributed by atoms with E-state index in [1.54, 1.807) is 0 Å². The molecular weight excluding hydrogens is 309 g/mol. The molecule has 0 atom stereocenters. The maximum Gasteiger partial charge on any atom is 0 e. The Hall–Kier alpha value is -0.820. The van der Waals surface area contributed by atoms with E-state index in [1.165, 1.54) is 0 Å². The molecule has 19 heavy (non-hydrogen) atoms. The summed E-state index contributed by atoms with van der Waals surface area (Å²) in [5.41, 5.74) is 6.44. The van der Waals surface area contributed by atoms with E-state index in [1.807, 2.05) is 41.5 Å². The monoisotopic (exact) mass is 327 g/mol. The molecule has 0 bridgehead atoms. The maximum absolute atomic E-state index is 3.10. The van der Waals surface area contributed by atoms with Crippen LogP contribution in [0.25, 0.3) is 0 Å². The third-order valence-corrected chi connectivity index (χ3v) is 2.25. The summed E-state index contributed by atoms with van der Waals surface area (Å²) in [5, 5.41) is 0. The molecule has 0 aliphatic heterocycles. The summed E-state index contributed by atoms with van der Waals surface area (Å²) in [6.45, 7) is 12.0. The summed E-state index contributed by atoms with van der Waals surface area (Å²) in [6.07, 6.45) is 0. The molecule has 0 unspecified atom stereocenters. The zero-order valence-electron chi connectivity index (χ0n) is 12.4. The summed E-state index contributed by atoms with van der Waals surface area (Å²) < 4.78 is 0. The van der Waals surface area contributed by atoms with Crippen molar-refractivity contribution in [2.24, 2.45) is 0 Å². The minimum atomic E-state index is 0. The van der Waals surface area contributed by atoms with E-state index in [9.17, 15) is 0 Å². The van der Waals surface area contributed by atoms with Crippen LogP contribution in [-0.2, 0) is 22.4 Å². The average molecular weight is 327 g/mol. The van der Waals surface area contributed by atoms with Crippen LogP contribution in [0, 0.1) is 77.9 Å². The fourth-order valence-electron chi connectivity index (χ4n) is 1.88. The number of rotatable bonds is 0. The first-order chi connectivity index (χ1) is 8.36. The molecule has 2 aromatic carbocycles. The van der Waals surface area contributed by atoms with Gasteiger partial charge in [-0.3, -0.25) is 0 Å². The Bertz CT molecular complexity index is 377. The van der Waals surface area contributed by atoms with Crippen LogP contribution in [0.5, 0.6) is 0 Å². The summed E-state index contributed by atoms with van der Waals surface area (Å²) in [4.78, 5) is 0. The van der Waals surface area contributed by atoms with Gasteiger partial charge < -0.3 is 69.8 Å².